The van der Waals surface area contributed by atoms with Gasteiger partial charge in [-0.3, -0.25) is 10.6 Å². The van der Waals surface area contributed by atoms with E-state index < -0.39 is 29.0 Å². The van der Waals surface area contributed by atoms with E-state index in [1.54, 1.807) is 0 Å². The van der Waals surface area contributed by atoms with Gasteiger partial charge in [0.1, 0.15) is 11.5 Å². The summed E-state index contributed by atoms with van der Waals surface area (Å²) in [7, 11) is 1.42. The van der Waals surface area contributed by atoms with Gasteiger partial charge in [0.25, 0.3) is 5.91 Å². The quantitative estimate of drug-likeness (QED) is 0.676. The molecular weight excluding hydrogens is 283 g/mol. The molecule has 2 rings (SSSR count). The maximum Gasteiger partial charge on any atom is 0.258 e. The summed E-state index contributed by atoms with van der Waals surface area (Å²) in [4.78, 5) is 13.3. The molecule has 0 fully saturated rings. The van der Waals surface area contributed by atoms with Gasteiger partial charge in [-0.05, 0) is 36.4 Å². The number of rotatable bonds is 3. The van der Waals surface area contributed by atoms with Crippen LogP contribution in [-0.2, 0) is 0 Å². The zero-order valence-electron chi connectivity index (χ0n) is 11.0. The van der Waals surface area contributed by atoms with Gasteiger partial charge < -0.3 is 10.3 Å². The smallest absolute Gasteiger partial charge is 0.258 e. The van der Waals surface area contributed by atoms with Gasteiger partial charge in [-0.1, -0.05) is 0 Å². The molecule has 3 N–H and O–H groups in total. The van der Waals surface area contributed by atoms with Crippen molar-refractivity contribution in [3.8, 4) is 0 Å². The van der Waals surface area contributed by atoms with Crippen molar-refractivity contribution >= 4 is 17.3 Å². The Bertz CT molecular complexity index is 651. The van der Waals surface area contributed by atoms with Crippen LogP contribution >= 0.6 is 0 Å². The lowest BCUT2D eigenvalue weighted by Gasteiger charge is -2.18. The van der Waals surface area contributed by atoms with Gasteiger partial charge >= 0.3 is 0 Å². The summed E-state index contributed by atoms with van der Waals surface area (Å²) in [5.41, 5.74) is 1.57. The molecule has 2 aromatic carbocycles. The largest absolute Gasteiger partial charge is 0.319 e. The molecule has 110 valence electrons. The summed E-state index contributed by atoms with van der Waals surface area (Å²) >= 11 is 0. The van der Waals surface area contributed by atoms with E-state index in [0.29, 0.717) is 5.69 Å². The monoisotopic (exact) mass is 295 g/mol. The van der Waals surface area contributed by atoms with E-state index in [0.717, 1.165) is 17.0 Å². The number of anilines is 2. The molecular formula is C14H12F3N3O. The predicted molar refractivity (Wildman–Crippen MR) is 73.3 cm³/mol. The van der Waals surface area contributed by atoms with Gasteiger partial charge in [0, 0.05) is 18.3 Å². The minimum atomic E-state index is -0.978. The number of nitrogens with zero attached hydrogens (tertiary/aromatic N) is 1. The summed E-state index contributed by atoms with van der Waals surface area (Å²) in [5, 5.41) is 0. The second-order valence-corrected chi connectivity index (χ2v) is 4.30. The molecule has 7 heteroatoms. The van der Waals surface area contributed by atoms with Gasteiger partial charge in [0.15, 0.2) is 11.6 Å². The molecule has 2 aromatic rings. The van der Waals surface area contributed by atoms with E-state index in [-0.39, 0.29) is 5.56 Å². The molecule has 0 aliphatic carbocycles. The van der Waals surface area contributed by atoms with Crippen molar-refractivity contribution in [1.82, 2.24) is 0 Å². The molecule has 0 saturated heterocycles. The summed E-state index contributed by atoms with van der Waals surface area (Å²) in [6, 6.07) is 6.89. The molecule has 0 spiro atoms. The Labute approximate surface area is 118 Å². The van der Waals surface area contributed by atoms with Crippen molar-refractivity contribution in [1.29, 1.82) is 0 Å². The normalized spacial score (nSPS) is 10.3. The average molecular weight is 295 g/mol. The summed E-state index contributed by atoms with van der Waals surface area (Å²) < 4.78 is 40.0. The molecule has 0 aliphatic rings. The lowest BCUT2D eigenvalue weighted by Crippen LogP contribution is -2.26. The Morgan fingerprint density at radius 1 is 1.10 bits per heavy atom. The topological polar surface area (TPSA) is 58.4 Å². The highest BCUT2D eigenvalue weighted by Gasteiger charge is 2.18. The molecule has 1 amide bonds. The molecule has 21 heavy (non-hydrogen) atoms. The second-order valence-electron chi connectivity index (χ2n) is 4.30. The zero-order valence-corrected chi connectivity index (χ0v) is 11.0. The van der Waals surface area contributed by atoms with Gasteiger partial charge in [-0.2, -0.15) is 0 Å². The first-order valence-corrected chi connectivity index (χ1v) is 5.93. The van der Waals surface area contributed by atoms with Crippen molar-refractivity contribution in [3.05, 3.63) is 59.4 Å². The van der Waals surface area contributed by atoms with Crippen molar-refractivity contribution in [2.24, 2.45) is 5.84 Å². The number of carbonyl (C=O) groups is 1. The summed E-state index contributed by atoms with van der Waals surface area (Å²) in [6.45, 7) is 0. The van der Waals surface area contributed by atoms with Gasteiger partial charge in [-0.15, -0.1) is 0 Å². The van der Waals surface area contributed by atoms with Crippen LogP contribution in [0.2, 0.25) is 0 Å². The third-order valence-electron chi connectivity index (χ3n) is 2.95. The number of hydrogen-bond acceptors (Lipinski definition) is 3. The third-order valence-corrected chi connectivity index (χ3v) is 2.95. The van der Waals surface area contributed by atoms with Crippen molar-refractivity contribution in [2.75, 3.05) is 17.4 Å². The number of nitrogens with two attached hydrogens (primary N) is 1. The number of hydrogen-bond donors (Lipinski definition) is 2. The number of hydrazine groups is 1. The van der Waals surface area contributed by atoms with Crippen LogP contribution in [0.1, 0.15) is 10.4 Å². The minimum absolute atomic E-state index is 0.184. The lowest BCUT2D eigenvalue weighted by molar-refractivity contribution is 0.0992. The Morgan fingerprint density at radius 2 is 1.62 bits per heavy atom. The van der Waals surface area contributed by atoms with Crippen LogP contribution in [0.25, 0.3) is 0 Å². The van der Waals surface area contributed by atoms with Crippen molar-refractivity contribution < 1.29 is 18.0 Å². The summed E-state index contributed by atoms with van der Waals surface area (Å²) in [6.07, 6.45) is 0. The van der Waals surface area contributed by atoms with Gasteiger partial charge in [0.05, 0.1) is 0 Å². The molecule has 0 radical (unpaired) electrons. The van der Waals surface area contributed by atoms with Crippen molar-refractivity contribution in [3.63, 3.8) is 0 Å². The fourth-order valence-corrected chi connectivity index (χ4v) is 1.81. The maximum atomic E-state index is 13.6. The fourth-order valence-electron chi connectivity index (χ4n) is 1.81. The highest BCUT2D eigenvalue weighted by molar-refractivity contribution is 6.05. The van der Waals surface area contributed by atoms with Crippen LogP contribution in [-0.4, -0.2) is 13.0 Å². The molecule has 0 aliphatic heterocycles. The van der Waals surface area contributed by atoms with E-state index in [2.05, 4.69) is 0 Å². The Morgan fingerprint density at radius 3 is 2.10 bits per heavy atom. The Kier molecular flexibility index (Phi) is 4.13. The minimum Gasteiger partial charge on any atom is -0.319 e. The third kappa shape index (κ3) is 2.97. The predicted octanol–water partition coefficient (Wildman–Crippen LogP) is 2.67. The first-order valence-electron chi connectivity index (χ1n) is 5.93. The van der Waals surface area contributed by atoms with E-state index in [4.69, 9.17) is 5.84 Å². The molecule has 0 saturated carbocycles. The fraction of sp³-hybridized carbons (Fsp3) is 0.0714. The molecule has 0 bridgehead atoms. The van der Waals surface area contributed by atoms with E-state index in [9.17, 15) is 18.0 Å². The van der Waals surface area contributed by atoms with E-state index in [1.165, 1.54) is 31.3 Å². The first-order chi connectivity index (χ1) is 9.93. The number of benzene rings is 2. The molecule has 0 aromatic heterocycles. The first kappa shape index (κ1) is 14.9. The maximum absolute atomic E-state index is 13.6. The molecule has 4 nitrogen and oxygen atoms in total. The number of nitrogen functional groups attached to an aromatic ring is 1. The van der Waals surface area contributed by atoms with Crippen LogP contribution in [0.4, 0.5) is 24.5 Å². The van der Waals surface area contributed by atoms with Gasteiger partial charge in [-0.25, -0.2) is 13.2 Å². The van der Waals surface area contributed by atoms with E-state index in [1.807, 2.05) is 5.43 Å². The van der Waals surface area contributed by atoms with E-state index >= 15 is 0 Å². The molecule has 0 atom stereocenters. The molecule has 0 unspecified atom stereocenters. The Hall–Kier alpha value is -2.54. The SMILES string of the molecule is CN(C(=O)c1cc(F)c(NN)c(F)c1)c1ccc(F)cc1. The van der Waals surface area contributed by atoms with Gasteiger partial charge in [0.2, 0.25) is 0 Å². The number of carbonyl (C=O) groups excluding carboxylic acids is 1. The van der Waals surface area contributed by atoms with Crippen LogP contribution in [0, 0.1) is 17.5 Å². The Balaban J connectivity index is 2.33. The summed E-state index contributed by atoms with van der Waals surface area (Å²) in [5.74, 6) is 1.94. The van der Waals surface area contributed by atoms with Crippen LogP contribution in [0.5, 0.6) is 0 Å². The number of halogens is 3. The highest BCUT2D eigenvalue weighted by Crippen LogP contribution is 2.22. The van der Waals surface area contributed by atoms with Crippen LogP contribution in [0.3, 0.4) is 0 Å². The lowest BCUT2D eigenvalue weighted by atomic mass is 10.1. The van der Waals surface area contributed by atoms with Crippen LogP contribution in [0.15, 0.2) is 36.4 Å². The number of amides is 1. The number of nitrogens with one attached hydrogen (secondary N) is 1. The standard InChI is InChI=1S/C14H12F3N3O/c1-20(10-4-2-9(15)3-5-10)14(21)8-6-11(16)13(19-18)12(17)7-8/h2-7,19H,18H2,1H3. The molecule has 0 heterocycles. The zero-order chi connectivity index (χ0) is 15.6. The average Bonchev–Trinajstić information content (AvgIpc) is 2.46. The van der Waals surface area contributed by atoms with Crippen LogP contribution < -0.4 is 16.2 Å². The van der Waals surface area contributed by atoms with Crippen molar-refractivity contribution in [2.45, 2.75) is 0 Å². The highest BCUT2D eigenvalue weighted by atomic mass is 19.1. The second kappa shape index (κ2) is 5.84.